The van der Waals surface area contributed by atoms with Gasteiger partial charge in [-0.15, -0.1) is 0 Å². The molecule has 26 heavy (non-hydrogen) atoms. The molecule has 0 aliphatic heterocycles. The van der Waals surface area contributed by atoms with Gasteiger partial charge in [0.05, 0.1) is 17.0 Å². The van der Waals surface area contributed by atoms with E-state index in [4.69, 9.17) is 10.5 Å². The van der Waals surface area contributed by atoms with Gasteiger partial charge in [-0.2, -0.15) is 0 Å². The summed E-state index contributed by atoms with van der Waals surface area (Å²) in [4.78, 5) is 23.8. The number of carbonyl (C=O) groups is 2. The lowest BCUT2D eigenvalue weighted by molar-refractivity contribution is -0.132. The van der Waals surface area contributed by atoms with Crippen LogP contribution >= 0.6 is 0 Å². The number of rotatable bonds is 11. The van der Waals surface area contributed by atoms with Gasteiger partial charge in [-0.3, -0.25) is 14.9 Å². The van der Waals surface area contributed by atoms with Crippen LogP contribution in [0.15, 0.2) is 30.3 Å². The number of nitrogens with two attached hydrogens (primary N) is 1. The third kappa shape index (κ3) is 7.53. The van der Waals surface area contributed by atoms with Crippen molar-refractivity contribution in [2.75, 3.05) is 12.4 Å². The summed E-state index contributed by atoms with van der Waals surface area (Å²) in [5.74, 6) is -1.48. The van der Waals surface area contributed by atoms with Crippen molar-refractivity contribution in [1.29, 1.82) is 0 Å². The Morgan fingerprint density at radius 3 is 2.23 bits per heavy atom. The van der Waals surface area contributed by atoms with Gasteiger partial charge in [0, 0.05) is 0 Å². The van der Waals surface area contributed by atoms with Gasteiger partial charge >= 0.3 is 0 Å². The van der Waals surface area contributed by atoms with E-state index in [-0.39, 0.29) is 6.61 Å². The zero-order chi connectivity index (χ0) is 19.6. The Kier molecular flexibility index (Phi) is 9.29. The number of imide groups is 1. The fourth-order valence-corrected chi connectivity index (χ4v) is 4.65. The van der Waals surface area contributed by atoms with Crippen LogP contribution in [0.2, 0.25) is 0 Å². The smallest absolute Gasteiger partial charge is 0.264 e. The van der Waals surface area contributed by atoms with E-state index in [9.17, 15) is 18.0 Å². The summed E-state index contributed by atoms with van der Waals surface area (Å²) in [7, 11) is -3.51. The third-order valence-electron chi connectivity index (χ3n) is 3.85. The highest BCUT2D eigenvalue weighted by atomic mass is 32.2. The molecule has 146 valence electrons. The molecular formula is C18H28N2O5S. The number of hydrogen-bond acceptors (Lipinski definition) is 6. The fourth-order valence-electron chi connectivity index (χ4n) is 2.54. The van der Waals surface area contributed by atoms with Crippen LogP contribution in [0.4, 0.5) is 0 Å². The lowest BCUT2D eigenvalue weighted by Crippen LogP contribution is -2.49. The van der Waals surface area contributed by atoms with E-state index >= 15 is 0 Å². The molecule has 0 aliphatic rings. The minimum atomic E-state index is -3.51. The maximum atomic E-state index is 12.5. The zero-order valence-electron chi connectivity index (χ0n) is 15.3. The molecule has 0 saturated carbocycles. The van der Waals surface area contributed by atoms with Crippen molar-refractivity contribution < 1.29 is 22.7 Å². The first-order valence-electron chi connectivity index (χ1n) is 8.78. The van der Waals surface area contributed by atoms with Crippen molar-refractivity contribution in [2.45, 2.75) is 50.8 Å². The summed E-state index contributed by atoms with van der Waals surface area (Å²) >= 11 is 0. The van der Waals surface area contributed by atoms with E-state index in [0.717, 1.165) is 12.8 Å². The molecule has 2 amide bonds. The molecule has 0 aromatic heterocycles. The van der Waals surface area contributed by atoms with Crippen LogP contribution in [0.3, 0.4) is 0 Å². The Labute approximate surface area is 155 Å². The summed E-state index contributed by atoms with van der Waals surface area (Å²) in [5, 5.41) is 1.58. The Morgan fingerprint density at radius 1 is 1.12 bits per heavy atom. The van der Waals surface area contributed by atoms with E-state index in [1.54, 1.807) is 30.3 Å². The number of amides is 2. The number of nitrogens with one attached hydrogen (secondary N) is 1. The highest BCUT2D eigenvalue weighted by molar-refractivity contribution is 7.92. The van der Waals surface area contributed by atoms with Crippen molar-refractivity contribution >= 4 is 21.7 Å². The molecule has 1 aromatic rings. The van der Waals surface area contributed by atoms with Gasteiger partial charge in [-0.25, -0.2) is 8.42 Å². The van der Waals surface area contributed by atoms with E-state index < -0.39 is 38.7 Å². The standard InChI is InChI=1S/C18H28N2O5S/c1-3-8-15(9-4-2)26(23,24)13-16(19)18(22)20-17(21)12-25-14-10-6-5-7-11-14/h5-7,10-11,15-16H,3-4,8-9,12-13,19H2,1-2H3,(H,20,21,22)/t16-/m0/s1. The predicted molar refractivity (Wildman–Crippen MR) is 100 cm³/mol. The van der Waals surface area contributed by atoms with E-state index in [2.05, 4.69) is 5.32 Å². The van der Waals surface area contributed by atoms with Crippen molar-refractivity contribution in [3.05, 3.63) is 30.3 Å². The average molecular weight is 384 g/mol. The van der Waals surface area contributed by atoms with Crippen LogP contribution in [0.1, 0.15) is 39.5 Å². The second kappa shape index (κ2) is 10.9. The summed E-state index contributed by atoms with van der Waals surface area (Å²) in [6.45, 7) is 3.47. The predicted octanol–water partition coefficient (Wildman–Crippen LogP) is 1.42. The Morgan fingerprint density at radius 2 is 1.69 bits per heavy atom. The Bertz CT molecular complexity index is 670. The van der Waals surface area contributed by atoms with Crippen LogP contribution in [-0.4, -0.2) is 43.9 Å². The quantitative estimate of drug-likeness (QED) is 0.596. The molecule has 0 radical (unpaired) electrons. The maximum Gasteiger partial charge on any atom is 0.264 e. The third-order valence-corrected chi connectivity index (χ3v) is 6.16. The first kappa shape index (κ1) is 22.1. The number of benzene rings is 1. The summed E-state index contributed by atoms with van der Waals surface area (Å²) < 4.78 is 30.1. The number of ether oxygens (including phenoxy) is 1. The molecule has 1 aromatic carbocycles. The number of hydrogen-bond donors (Lipinski definition) is 2. The van der Waals surface area contributed by atoms with Crippen LogP contribution in [0.5, 0.6) is 5.75 Å². The molecule has 0 bridgehead atoms. The Balaban J connectivity index is 2.53. The fraction of sp³-hybridized carbons (Fsp3) is 0.556. The summed E-state index contributed by atoms with van der Waals surface area (Å²) in [6, 6.07) is 7.37. The van der Waals surface area contributed by atoms with Gasteiger partial charge in [-0.1, -0.05) is 44.9 Å². The normalized spacial score (nSPS) is 12.6. The van der Waals surface area contributed by atoms with Crippen molar-refractivity contribution in [3.8, 4) is 5.75 Å². The summed E-state index contributed by atoms with van der Waals surface area (Å²) in [5.41, 5.74) is 5.70. The van der Waals surface area contributed by atoms with Gasteiger partial charge in [0.15, 0.2) is 16.4 Å². The van der Waals surface area contributed by atoms with Crippen molar-refractivity contribution in [1.82, 2.24) is 5.32 Å². The molecule has 1 atom stereocenters. The average Bonchev–Trinajstić information content (AvgIpc) is 2.60. The highest BCUT2D eigenvalue weighted by Gasteiger charge is 2.29. The van der Waals surface area contributed by atoms with Gasteiger partial charge in [0.25, 0.3) is 5.91 Å². The second-order valence-corrected chi connectivity index (χ2v) is 8.48. The minimum absolute atomic E-state index is 0.358. The molecule has 0 saturated heterocycles. The molecule has 3 N–H and O–H groups in total. The van der Waals surface area contributed by atoms with E-state index in [1.165, 1.54) is 0 Å². The molecule has 0 heterocycles. The van der Waals surface area contributed by atoms with Crippen LogP contribution < -0.4 is 15.8 Å². The van der Waals surface area contributed by atoms with Gasteiger partial charge in [0.1, 0.15) is 5.75 Å². The molecule has 0 spiro atoms. The molecule has 0 fully saturated rings. The number of para-hydroxylation sites is 1. The van der Waals surface area contributed by atoms with Gasteiger partial charge < -0.3 is 10.5 Å². The van der Waals surface area contributed by atoms with Crippen LogP contribution in [-0.2, 0) is 19.4 Å². The lowest BCUT2D eigenvalue weighted by Gasteiger charge is -2.19. The van der Waals surface area contributed by atoms with Crippen LogP contribution in [0, 0.1) is 0 Å². The molecule has 1 rings (SSSR count). The minimum Gasteiger partial charge on any atom is -0.484 e. The highest BCUT2D eigenvalue weighted by Crippen LogP contribution is 2.16. The van der Waals surface area contributed by atoms with E-state index in [0.29, 0.717) is 18.6 Å². The summed E-state index contributed by atoms with van der Waals surface area (Å²) in [6.07, 6.45) is 2.55. The monoisotopic (exact) mass is 384 g/mol. The first-order chi connectivity index (χ1) is 12.3. The van der Waals surface area contributed by atoms with Crippen molar-refractivity contribution in [3.63, 3.8) is 0 Å². The van der Waals surface area contributed by atoms with Crippen molar-refractivity contribution in [2.24, 2.45) is 5.73 Å². The molecule has 0 aliphatic carbocycles. The zero-order valence-corrected chi connectivity index (χ0v) is 16.1. The molecule has 7 nitrogen and oxygen atoms in total. The number of sulfone groups is 1. The lowest BCUT2D eigenvalue weighted by atomic mass is 10.2. The maximum absolute atomic E-state index is 12.5. The SMILES string of the molecule is CCCC(CCC)S(=O)(=O)C[C@H](N)C(=O)NC(=O)COc1ccccc1. The first-order valence-corrected chi connectivity index (χ1v) is 10.5. The topological polar surface area (TPSA) is 116 Å². The van der Waals surface area contributed by atoms with E-state index in [1.807, 2.05) is 13.8 Å². The largest absolute Gasteiger partial charge is 0.484 e. The molecule has 0 unspecified atom stereocenters. The number of carbonyl (C=O) groups excluding carboxylic acids is 2. The van der Waals surface area contributed by atoms with Crippen LogP contribution in [0.25, 0.3) is 0 Å². The molecule has 8 heteroatoms. The molecular weight excluding hydrogens is 356 g/mol. The second-order valence-electron chi connectivity index (χ2n) is 6.15. The van der Waals surface area contributed by atoms with Gasteiger partial charge in [0.2, 0.25) is 5.91 Å². The Hall–Kier alpha value is -1.93. The van der Waals surface area contributed by atoms with Gasteiger partial charge in [-0.05, 0) is 25.0 Å².